The van der Waals surface area contributed by atoms with Crippen LogP contribution < -0.4 is 5.32 Å². The van der Waals surface area contributed by atoms with E-state index in [0.29, 0.717) is 11.8 Å². The van der Waals surface area contributed by atoms with Crippen molar-refractivity contribution < 1.29 is 18.5 Å². The minimum absolute atomic E-state index is 0.0186. The Morgan fingerprint density at radius 1 is 1.00 bits per heavy atom. The van der Waals surface area contributed by atoms with Crippen LogP contribution in [0.1, 0.15) is 83.1 Å². The van der Waals surface area contributed by atoms with Gasteiger partial charge >= 0.3 is 7.12 Å². The Bertz CT molecular complexity index is 655. The molecule has 1 amide bonds. The average molecular weight is 468 g/mol. The minimum atomic E-state index is -2.01. The Balaban J connectivity index is 3.00. The van der Waals surface area contributed by atoms with Crippen molar-refractivity contribution in [1.82, 2.24) is 5.32 Å². The smallest absolute Gasteiger partial charge is 0.412 e. The van der Waals surface area contributed by atoms with Crippen LogP contribution in [0.2, 0.25) is 18.1 Å². The summed E-state index contributed by atoms with van der Waals surface area (Å²) in [5, 5.41) is 3.19. The molecule has 0 bridgehead atoms. The zero-order chi connectivity index (χ0) is 25.3. The fraction of sp³-hybridized carbons (Fsp3) is 0.880. The molecule has 1 fully saturated rings. The predicted molar refractivity (Wildman–Crippen MR) is 138 cm³/mol. The summed E-state index contributed by atoms with van der Waals surface area (Å²) in [6.45, 7) is 30.0. The largest absolute Gasteiger partial charge is 0.486 e. The van der Waals surface area contributed by atoms with Gasteiger partial charge in [0, 0.05) is 6.92 Å². The van der Waals surface area contributed by atoms with Crippen LogP contribution in [0.25, 0.3) is 0 Å². The predicted octanol–water partition coefficient (Wildman–Crippen LogP) is 6.00. The van der Waals surface area contributed by atoms with Crippen molar-refractivity contribution in [3.63, 3.8) is 0 Å². The van der Waals surface area contributed by atoms with Gasteiger partial charge in [-0.05, 0) is 70.5 Å². The fourth-order valence-corrected chi connectivity index (χ4v) is 5.22. The lowest BCUT2D eigenvalue weighted by atomic mass is 9.78. The third-order valence-electron chi connectivity index (χ3n) is 8.18. The second kappa shape index (κ2) is 10.3. The van der Waals surface area contributed by atoms with Gasteiger partial charge in [0.25, 0.3) is 0 Å². The van der Waals surface area contributed by atoms with E-state index in [0.717, 1.165) is 0 Å². The van der Waals surface area contributed by atoms with Crippen LogP contribution in [-0.4, -0.2) is 44.7 Å². The van der Waals surface area contributed by atoms with Gasteiger partial charge in [-0.25, -0.2) is 0 Å². The molecule has 0 aliphatic carbocycles. The van der Waals surface area contributed by atoms with E-state index in [1.165, 1.54) is 0 Å². The summed E-state index contributed by atoms with van der Waals surface area (Å²) in [7, 11) is -2.34. The maximum Gasteiger partial charge on any atom is 0.486 e. The molecule has 1 aliphatic heterocycles. The molecule has 1 saturated heterocycles. The van der Waals surface area contributed by atoms with Gasteiger partial charge in [-0.15, -0.1) is 0 Å². The number of rotatable bonds is 9. The number of amides is 1. The zero-order valence-corrected chi connectivity index (χ0v) is 24.3. The van der Waals surface area contributed by atoms with Crippen molar-refractivity contribution in [3.8, 4) is 0 Å². The van der Waals surface area contributed by atoms with Crippen molar-refractivity contribution in [1.29, 1.82) is 0 Å². The Morgan fingerprint density at radius 3 is 1.88 bits per heavy atom. The first-order chi connectivity index (χ1) is 14.2. The molecular weight excluding hydrogens is 417 g/mol. The lowest BCUT2D eigenvalue weighted by Crippen LogP contribution is -2.53. The van der Waals surface area contributed by atoms with Crippen molar-refractivity contribution >= 4 is 21.3 Å². The molecule has 7 heteroatoms. The van der Waals surface area contributed by atoms with E-state index < -0.39 is 8.32 Å². The molecule has 1 heterocycles. The van der Waals surface area contributed by atoms with Crippen molar-refractivity contribution in [3.05, 3.63) is 12.1 Å². The van der Waals surface area contributed by atoms with Crippen molar-refractivity contribution in [2.24, 2.45) is 17.8 Å². The number of allylic oxidation sites excluding steroid dienone is 1. The molecule has 0 aromatic carbocycles. The Labute approximate surface area is 199 Å². The molecule has 0 aromatic rings. The summed E-state index contributed by atoms with van der Waals surface area (Å²) in [5.41, 5.74) is -0.667. The highest BCUT2D eigenvalue weighted by atomic mass is 28.4. The normalized spacial score (nSPS) is 23.6. The fourth-order valence-electron chi connectivity index (χ4n) is 3.77. The maximum absolute atomic E-state index is 11.8. The number of hydrogen-bond donors (Lipinski definition) is 1. The van der Waals surface area contributed by atoms with Crippen LogP contribution in [0.15, 0.2) is 12.1 Å². The maximum atomic E-state index is 11.8. The molecule has 1 rings (SSSR count). The molecule has 0 radical (unpaired) electrons. The first kappa shape index (κ1) is 29.4. The van der Waals surface area contributed by atoms with E-state index in [2.05, 4.69) is 101 Å². The molecule has 5 atom stereocenters. The van der Waals surface area contributed by atoms with Crippen LogP contribution in [0.3, 0.4) is 0 Å². The molecule has 186 valence electrons. The highest BCUT2D eigenvalue weighted by Gasteiger charge is 2.50. The first-order valence-electron chi connectivity index (χ1n) is 12.2. The van der Waals surface area contributed by atoms with Gasteiger partial charge in [0.15, 0.2) is 8.32 Å². The molecule has 1 aliphatic rings. The third kappa shape index (κ3) is 7.18. The average Bonchev–Trinajstić information content (AvgIpc) is 2.81. The zero-order valence-electron chi connectivity index (χ0n) is 23.3. The van der Waals surface area contributed by atoms with E-state index >= 15 is 0 Å². The van der Waals surface area contributed by atoms with E-state index in [1.54, 1.807) is 6.92 Å². The summed E-state index contributed by atoms with van der Waals surface area (Å²) in [4.78, 5) is 11.8. The summed E-state index contributed by atoms with van der Waals surface area (Å²) < 4.78 is 19.1. The lowest BCUT2D eigenvalue weighted by Gasteiger charge is -2.44. The van der Waals surface area contributed by atoms with Crippen LogP contribution in [-0.2, 0) is 18.5 Å². The SMILES string of the molecule is CC(=O)N[C@H](C)[C@@H](O[Si](C)(C)C(C)(C)C)[C@@H](C)[C@H](C)[C@H](C)/C=C/B1OC(C)(C)C(C)(C)O1. The standard InChI is InChI=1S/C25H50BNO4Si/c1-17(15-16-26-30-24(9,10)25(11,12)31-26)18(2)19(3)22(20(4)27-21(5)28)29-32(13,14)23(6,7)8/h15-20,22H,1-14H3,(H,27,28)/b16-15+/t17-,18-,19+,20-,22+/m1/s1. The van der Waals surface area contributed by atoms with Gasteiger partial charge in [-0.1, -0.05) is 53.6 Å². The Morgan fingerprint density at radius 2 is 1.47 bits per heavy atom. The monoisotopic (exact) mass is 467 g/mol. The topological polar surface area (TPSA) is 56.8 Å². The van der Waals surface area contributed by atoms with E-state index in [4.69, 9.17) is 13.7 Å². The molecule has 32 heavy (non-hydrogen) atoms. The molecule has 0 unspecified atom stereocenters. The first-order valence-corrected chi connectivity index (χ1v) is 15.1. The van der Waals surface area contributed by atoms with Crippen LogP contribution in [0.5, 0.6) is 0 Å². The second-order valence-corrected chi connectivity index (χ2v) is 17.2. The van der Waals surface area contributed by atoms with Crippen LogP contribution >= 0.6 is 0 Å². The van der Waals surface area contributed by atoms with Crippen LogP contribution in [0, 0.1) is 17.8 Å². The molecule has 0 saturated carbocycles. The number of nitrogens with one attached hydrogen (secondary N) is 1. The molecule has 1 N–H and O–H groups in total. The quantitative estimate of drug-likeness (QED) is 0.423. The highest BCUT2D eigenvalue weighted by molar-refractivity contribution is 6.74. The lowest BCUT2D eigenvalue weighted by molar-refractivity contribution is -0.120. The van der Waals surface area contributed by atoms with Gasteiger partial charge in [-0.3, -0.25) is 4.79 Å². The molecule has 0 spiro atoms. The van der Waals surface area contributed by atoms with Gasteiger partial charge < -0.3 is 19.1 Å². The van der Waals surface area contributed by atoms with Gasteiger partial charge in [0.05, 0.1) is 23.3 Å². The van der Waals surface area contributed by atoms with Crippen LogP contribution in [0.4, 0.5) is 0 Å². The summed E-state index contributed by atoms with van der Waals surface area (Å²) in [6, 6.07) is -0.0571. The van der Waals surface area contributed by atoms with Gasteiger partial charge in [-0.2, -0.15) is 0 Å². The molecule has 5 nitrogen and oxygen atoms in total. The Kier molecular flexibility index (Phi) is 9.49. The number of carbonyl (C=O) groups excluding carboxylic acids is 1. The Hall–Kier alpha value is -0.628. The molecule has 0 aromatic heterocycles. The van der Waals surface area contributed by atoms with E-state index in [-0.39, 0.29) is 47.3 Å². The summed E-state index contributed by atoms with van der Waals surface area (Å²) >= 11 is 0. The third-order valence-corrected chi connectivity index (χ3v) is 12.7. The second-order valence-electron chi connectivity index (χ2n) is 12.4. The number of carbonyl (C=O) groups is 1. The summed E-state index contributed by atoms with van der Waals surface area (Å²) in [5.74, 6) is 2.93. The van der Waals surface area contributed by atoms with Gasteiger partial charge in [0.2, 0.25) is 5.91 Å². The highest BCUT2D eigenvalue weighted by Crippen LogP contribution is 2.40. The van der Waals surface area contributed by atoms with Crippen molar-refractivity contribution in [2.75, 3.05) is 0 Å². The molecular formula is C25H50BNO4Si. The minimum Gasteiger partial charge on any atom is -0.412 e. The van der Waals surface area contributed by atoms with Gasteiger partial charge in [0.1, 0.15) is 0 Å². The summed E-state index contributed by atoms with van der Waals surface area (Å²) in [6.07, 6.45) is 2.15. The van der Waals surface area contributed by atoms with E-state index in [9.17, 15) is 4.79 Å². The van der Waals surface area contributed by atoms with Crippen molar-refractivity contribution in [2.45, 2.75) is 125 Å². The van der Waals surface area contributed by atoms with E-state index in [1.807, 2.05) is 5.98 Å². The number of hydrogen-bond acceptors (Lipinski definition) is 4.